The van der Waals surface area contributed by atoms with Gasteiger partial charge < -0.3 is 10.1 Å². The van der Waals surface area contributed by atoms with Crippen molar-refractivity contribution in [2.75, 3.05) is 25.5 Å². The van der Waals surface area contributed by atoms with Crippen molar-refractivity contribution in [3.05, 3.63) is 62.6 Å². The van der Waals surface area contributed by atoms with Crippen molar-refractivity contribution in [2.24, 2.45) is 5.92 Å². The van der Waals surface area contributed by atoms with E-state index in [1.165, 1.54) is 29.6 Å². The van der Waals surface area contributed by atoms with Gasteiger partial charge in [0.05, 0.1) is 29.4 Å². The fraction of sp³-hybridized carbons (Fsp3) is 0.333. The number of piperidine rings is 1. The van der Waals surface area contributed by atoms with Crippen LogP contribution in [0, 0.1) is 5.92 Å². The lowest BCUT2D eigenvalue weighted by Gasteiger charge is -2.31. The first kappa shape index (κ1) is 24.8. The second-order valence-electron chi connectivity index (χ2n) is 7.36. The number of amides is 1. The van der Waals surface area contributed by atoms with Crippen LogP contribution in [0.5, 0.6) is 0 Å². The van der Waals surface area contributed by atoms with Crippen molar-refractivity contribution in [1.29, 1.82) is 0 Å². The number of esters is 1. The third kappa shape index (κ3) is 5.94. The maximum atomic E-state index is 12.9. The molecule has 3 rings (SSSR count). The zero-order valence-electron chi connectivity index (χ0n) is 17.1. The maximum Gasteiger partial charge on any atom is 0.339 e. The van der Waals surface area contributed by atoms with Crippen molar-refractivity contribution in [3.63, 3.8) is 0 Å². The Labute approximate surface area is 201 Å². The van der Waals surface area contributed by atoms with E-state index in [-0.39, 0.29) is 33.8 Å². The van der Waals surface area contributed by atoms with Crippen molar-refractivity contribution >= 4 is 62.4 Å². The number of methoxy groups -OCH3 is 1. The lowest BCUT2D eigenvalue weighted by molar-refractivity contribution is -0.120. The van der Waals surface area contributed by atoms with E-state index in [0.29, 0.717) is 35.7 Å². The number of ether oxygens (including phenoxy) is 1. The van der Waals surface area contributed by atoms with Gasteiger partial charge >= 0.3 is 5.97 Å². The quantitative estimate of drug-likeness (QED) is 0.563. The van der Waals surface area contributed by atoms with Crippen LogP contribution in [0.3, 0.4) is 0 Å². The standard InChI is InChI=1S/C21H21Cl3N2O5S/c1-31-21(28)17-10-16(6-7-18(17)23)25-20(27)13-3-2-8-26(11-13)32(29,30)12-14-4-5-15(22)9-19(14)24/h4-7,9-10,13H,2-3,8,11-12H2,1H3,(H,25,27)/t13-/m0/s1. The van der Waals surface area contributed by atoms with Crippen molar-refractivity contribution in [3.8, 4) is 0 Å². The summed E-state index contributed by atoms with van der Waals surface area (Å²) >= 11 is 18.0. The number of hydrogen-bond donors (Lipinski definition) is 1. The SMILES string of the molecule is COC(=O)c1cc(NC(=O)[C@H]2CCCN(S(=O)(=O)Cc3ccc(Cl)cc3Cl)C2)ccc1Cl. The molecule has 7 nitrogen and oxygen atoms in total. The Morgan fingerprint density at radius 1 is 1.12 bits per heavy atom. The van der Waals surface area contributed by atoms with Gasteiger partial charge in [0.25, 0.3) is 0 Å². The van der Waals surface area contributed by atoms with E-state index >= 15 is 0 Å². The number of carbonyl (C=O) groups is 2. The summed E-state index contributed by atoms with van der Waals surface area (Å²) in [5.41, 5.74) is 0.937. The molecule has 0 aromatic heterocycles. The highest BCUT2D eigenvalue weighted by molar-refractivity contribution is 7.88. The maximum absolute atomic E-state index is 12.9. The van der Waals surface area contributed by atoms with Crippen LogP contribution in [0.15, 0.2) is 36.4 Å². The van der Waals surface area contributed by atoms with Crippen LogP contribution >= 0.6 is 34.8 Å². The predicted octanol–water partition coefficient (Wildman–Crippen LogP) is 4.61. The number of anilines is 1. The number of benzene rings is 2. The van der Waals surface area contributed by atoms with E-state index in [1.54, 1.807) is 18.2 Å². The van der Waals surface area contributed by atoms with Gasteiger partial charge in [0.15, 0.2) is 0 Å². The number of sulfonamides is 1. The normalized spacial score (nSPS) is 17.1. The summed E-state index contributed by atoms with van der Waals surface area (Å²) in [6.45, 7) is 0.377. The van der Waals surface area contributed by atoms with Crippen LogP contribution in [0.2, 0.25) is 15.1 Å². The van der Waals surface area contributed by atoms with Gasteiger partial charge in [-0.15, -0.1) is 0 Å². The largest absolute Gasteiger partial charge is 0.465 e. The highest BCUT2D eigenvalue weighted by atomic mass is 35.5. The first-order valence-corrected chi connectivity index (χ1v) is 12.5. The second kappa shape index (κ2) is 10.4. The Hall–Kier alpha value is -1.84. The van der Waals surface area contributed by atoms with Gasteiger partial charge in [0.1, 0.15) is 0 Å². The minimum Gasteiger partial charge on any atom is -0.465 e. The topological polar surface area (TPSA) is 92.8 Å². The zero-order valence-corrected chi connectivity index (χ0v) is 20.2. The monoisotopic (exact) mass is 518 g/mol. The van der Waals surface area contributed by atoms with Gasteiger partial charge in [0.2, 0.25) is 15.9 Å². The molecular weight excluding hydrogens is 499 g/mol. The molecule has 0 unspecified atom stereocenters. The van der Waals surface area contributed by atoms with Gasteiger partial charge in [-0.2, -0.15) is 0 Å². The molecule has 11 heteroatoms. The van der Waals surface area contributed by atoms with Crippen LogP contribution in [-0.4, -0.2) is 44.8 Å². The first-order valence-electron chi connectivity index (χ1n) is 9.71. The Balaban J connectivity index is 1.70. The van der Waals surface area contributed by atoms with Gasteiger partial charge in [-0.3, -0.25) is 4.79 Å². The average molecular weight is 520 g/mol. The van der Waals surface area contributed by atoms with E-state index in [4.69, 9.17) is 34.8 Å². The molecule has 1 amide bonds. The van der Waals surface area contributed by atoms with E-state index in [9.17, 15) is 18.0 Å². The first-order chi connectivity index (χ1) is 15.1. The van der Waals surface area contributed by atoms with Crippen molar-refractivity contribution in [2.45, 2.75) is 18.6 Å². The van der Waals surface area contributed by atoms with E-state index in [2.05, 4.69) is 10.1 Å². The summed E-state index contributed by atoms with van der Waals surface area (Å²) in [6, 6.07) is 9.12. The molecule has 1 aliphatic rings. The summed E-state index contributed by atoms with van der Waals surface area (Å²) in [5, 5.41) is 3.63. The molecule has 1 saturated heterocycles. The molecule has 32 heavy (non-hydrogen) atoms. The van der Waals surface area contributed by atoms with Crippen LogP contribution in [0.4, 0.5) is 5.69 Å². The highest BCUT2D eigenvalue weighted by Gasteiger charge is 2.33. The number of rotatable bonds is 6. The molecule has 0 saturated carbocycles. The third-order valence-corrected chi connectivity index (χ3v) is 7.85. The molecule has 0 bridgehead atoms. The van der Waals surface area contributed by atoms with Crippen molar-refractivity contribution in [1.82, 2.24) is 4.31 Å². The zero-order chi connectivity index (χ0) is 23.5. The third-order valence-electron chi connectivity index (χ3n) is 5.14. The van der Waals surface area contributed by atoms with Gasteiger partial charge in [-0.1, -0.05) is 40.9 Å². The fourth-order valence-electron chi connectivity index (χ4n) is 3.45. The second-order valence-corrected chi connectivity index (χ2v) is 10.6. The summed E-state index contributed by atoms with van der Waals surface area (Å²) < 4.78 is 31.9. The molecule has 1 N–H and O–H groups in total. The Bertz CT molecular complexity index is 1140. The fourth-order valence-corrected chi connectivity index (χ4v) is 5.84. The Kier molecular flexibility index (Phi) is 8.06. The number of nitrogens with zero attached hydrogens (tertiary/aromatic N) is 1. The molecular formula is C21H21Cl3N2O5S. The molecule has 0 spiro atoms. The van der Waals surface area contributed by atoms with Crippen LogP contribution < -0.4 is 5.32 Å². The van der Waals surface area contributed by atoms with E-state index in [0.717, 1.165) is 0 Å². The van der Waals surface area contributed by atoms with Crippen LogP contribution in [0.25, 0.3) is 0 Å². The van der Waals surface area contributed by atoms with Gasteiger partial charge in [0, 0.05) is 28.8 Å². The Morgan fingerprint density at radius 3 is 2.56 bits per heavy atom. The molecule has 0 radical (unpaired) electrons. The van der Waals surface area contributed by atoms with E-state index in [1.807, 2.05) is 0 Å². The lowest BCUT2D eigenvalue weighted by atomic mass is 9.98. The highest BCUT2D eigenvalue weighted by Crippen LogP contribution is 2.27. The van der Waals surface area contributed by atoms with Crippen LogP contribution in [-0.2, 0) is 25.3 Å². The average Bonchev–Trinajstić information content (AvgIpc) is 2.76. The number of nitrogens with one attached hydrogen (secondary N) is 1. The smallest absolute Gasteiger partial charge is 0.339 e. The Morgan fingerprint density at radius 2 is 1.88 bits per heavy atom. The predicted molar refractivity (Wildman–Crippen MR) is 125 cm³/mol. The molecule has 2 aromatic rings. The number of halogens is 3. The molecule has 0 aliphatic carbocycles. The summed E-state index contributed by atoms with van der Waals surface area (Å²) in [6.07, 6.45) is 1.08. The summed E-state index contributed by atoms with van der Waals surface area (Å²) in [7, 11) is -2.46. The number of carbonyl (C=O) groups excluding carboxylic acids is 2. The molecule has 1 fully saturated rings. The van der Waals surface area contributed by atoms with E-state index < -0.39 is 21.9 Å². The molecule has 1 heterocycles. The lowest BCUT2D eigenvalue weighted by Crippen LogP contribution is -2.44. The molecule has 1 aliphatic heterocycles. The number of hydrogen-bond acceptors (Lipinski definition) is 5. The summed E-state index contributed by atoms with van der Waals surface area (Å²) in [4.78, 5) is 24.6. The minimum absolute atomic E-state index is 0.0524. The van der Waals surface area contributed by atoms with Gasteiger partial charge in [-0.25, -0.2) is 17.5 Å². The molecule has 172 valence electrons. The summed E-state index contributed by atoms with van der Waals surface area (Å²) in [5.74, 6) is -1.79. The molecule has 2 aromatic carbocycles. The minimum atomic E-state index is -3.69. The van der Waals surface area contributed by atoms with Gasteiger partial charge in [-0.05, 0) is 48.7 Å². The van der Waals surface area contributed by atoms with Crippen LogP contribution in [0.1, 0.15) is 28.8 Å². The molecule has 1 atom stereocenters. The van der Waals surface area contributed by atoms with Crippen molar-refractivity contribution < 1.29 is 22.7 Å².